The van der Waals surface area contributed by atoms with Crippen molar-refractivity contribution in [2.45, 2.75) is 31.2 Å². The number of hydrogen-bond acceptors (Lipinski definition) is 4. The van der Waals surface area contributed by atoms with Crippen LogP contribution in [0.3, 0.4) is 0 Å². The number of nitrogens with zero attached hydrogens (tertiary/aromatic N) is 1. The summed E-state index contributed by atoms with van der Waals surface area (Å²) in [6.45, 7) is 0.691. The molecule has 3 rings (SSSR count). The van der Waals surface area contributed by atoms with E-state index in [2.05, 4.69) is 15.3 Å². The molecular formula is C16H20N4O. The Morgan fingerprint density at radius 3 is 2.81 bits per heavy atom. The quantitative estimate of drug-likeness (QED) is 0.759. The first-order valence-corrected chi connectivity index (χ1v) is 7.38. The van der Waals surface area contributed by atoms with Crippen molar-refractivity contribution in [2.24, 2.45) is 5.73 Å². The molecule has 110 valence electrons. The van der Waals surface area contributed by atoms with Gasteiger partial charge in [-0.3, -0.25) is 4.79 Å². The summed E-state index contributed by atoms with van der Waals surface area (Å²) in [7, 11) is 0. The Bertz CT molecular complexity index is 649. The van der Waals surface area contributed by atoms with E-state index >= 15 is 0 Å². The van der Waals surface area contributed by atoms with Crippen LogP contribution >= 0.6 is 0 Å². The van der Waals surface area contributed by atoms with Crippen molar-refractivity contribution in [3.63, 3.8) is 0 Å². The molecule has 0 bridgehead atoms. The molecule has 2 aromatic rings. The molecule has 21 heavy (non-hydrogen) atoms. The zero-order valence-corrected chi connectivity index (χ0v) is 11.9. The van der Waals surface area contributed by atoms with Crippen LogP contribution in [0.15, 0.2) is 41.2 Å². The molecule has 0 saturated heterocycles. The number of rotatable bonds is 6. The summed E-state index contributed by atoms with van der Waals surface area (Å²) in [5.41, 5.74) is 7.18. The average molecular weight is 284 g/mol. The zero-order chi connectivity index (χ0) is 14.7. The van der Waals surface area contributed by atoms with Crippen LogP contribution in [0.5, 0.6) is 0 Å². The van der Waals surface area contributed by atoms with Gasteiger partial charge in [0.05, 0.1) is 0 Å². The first-order chi connectivity index (χ1) is 10.2. The minimum absolute atomic E-state index is 0.0106. The lowest BCUT2D eigenvalue weighted by atomic mass is 10.1. The fraction of sp³-hybridized carbons (Fsp3) is 0.375. The molecule has 1 aliphatic rings. The van der Waals surface area contributed by atoms with Gasteiger partial charge in [-0.05, 0) is 24.8 Å². The van der Waals surface area contributed by atoms with Crippen molar-refractivity contribution < 1.29 is 0 Å². The zero-order valence-electron chi connectivity index (χ0n) is 11.9. The standard InChI is InChI=1S/C16H20N4O/c17-13(11-4-2-1-3-5-11)8-9-18-14-10-15(21)20-16(19-14)12-6-7-12/h1-5,10,12-13H,6-9,17H2,(H2,18,19,20,21). The molecule has 1 aromatic heterocycles. The highest BCUT2D eigenvalue weighted by molar-refractivity contribution is 5.34. The topological polar surface area (TPSA) is 83.8 Å². The number of H-pyrrole nitrogens is 1. The first-order valence-electron chi connectivity index (χ1n) is 7.38. The number of benzene rings is 1. The van der Waals surface area contributed by atoms with E-state index in [4.69, 9.17) is 5.73 Å². The second kappa shape index (κ2) is 6.10. The van der Waals surface area contributed by atoms with Crippen LogP contribution in [-0.4, -0.2) is 16.5 Å². The Morgan fingerprint density at radius 1 is 1.33 bits per heavy atom. The normalized spacial score (nSPS) is 15.7. The molecule has 5 heteroatoms. The fourth-order valence-corrected chi connectivity index (χ4v) is 2.34. The Balaban J connectivity index is 1.57. The first kappa shape index (κ1) is 13.8. The van der Waals surface area contributed by atoms with Gasteiger partial charge in [0.1, 0.15) is 11.6 Å². The monoisotopic (exact) mass is 284 g/mol. The molecule has 1 atom stereocenters. The van der Waals surface area contributed by atoms with Crippen molar-refractivity contribution in [1.29, 1.82) is 0 Å². The Hall–Kier alpha value is -2.14. The van der Waals surface area contributed by atoms with Gasteiger partial charge in [0, 0.05) is 24.6 Å². The number of hydrogen-bond donors (Lipinski definition) is 3. The van der Waals surface area contributed by atoms with Crippen molar-refractivity contribution in [1.82, 2.24) is 9.97 Å². The molecule has 1 aliphatic carbocycles. The highest BCUT2D eigenvalue weighted by Gasteiger charge is 2.26. The predicted octanol–water partition coefficient (Wildman–Crippen LogP) is 2.15. The van der Waals surface area contributed by atoms with Crippen LogP contribution in [0, 0.1) is 0 Å². The molecule has 1 aromatic carbocycles. The van der Waals surface area contributed by atoms with Gasteiger partial charge in [-0.2, -0.15) is 0 Å². The lowest BCUT2D eigenvalue weighted by Gasteiger charge is -2.13. The van der Waals surface area contributed by atoms with Gasteiger partial charge < -0.3 is 16.0 Å². The minimum atomic E-state index is -0.0956. The second-order valence-corrected chi connectivity index (χ2v) is 5.52. The van der Waals surface area contributed by atoms with Gasteiger partial charge in [0.2, 0.25) is 0 Å². The smallest absolute Gasteiger partial charge is 0.252 e. The summed E-state index contributed by atoms with van der Waals surface area (Å²) in [5, 5.41) is 3.20. The lowest BCUT2D eigenvalue weighted by Crippen LogP contribution is -2.17. The van der Waals surface area contributed by atoms with E-state index in [0.717, 1.165) is 30.7 Å². The molecule has 1 heterocycles. The van der Waals surface area contributed by atoms with E-state index in [1.54, 1.807) is 0 Å². The summed E-state index contributed by atoms with van der Waals surface area (Å²) in [4.78, 5) is 18.9. The molecule has 0 amide bonds. The maximum absolute atomic E-state index is 11.6. The molecule has 0 spiro atoms. The number of nitrogens with one attached hydrogen (secondary N) is 2. The van der Waals surface area contributed by atoms with E-state index in [-0.39, 0.29) is 11.6 Å². The molecule has 0 radical (unpaired) electrons. The van der Waals surface area contributed by atoms with Crippen LogP contribution in [0.25, 0.3) is 0 Å². The van der Waals surface area contributed by atoms with Gasteiger partial charge in [-0.25, -0.2) is 4.98 Å². The van der Waals surface area contributed by atoms with E-state index in [9.17, 15) is 4.79 Å². The largest absolute Gasteiger partial charge is 0.370 e. The fourth-order valence-electron chi connectivity index (χ4n) is 2.34. The van der Waals surface area contributed by atoms with Crippen molar-refractivity contribution in [3.05, 3.63) is 58.1 Å². The SMILES string of the molecule is NC(CCNc1cc(=O)[nH]c(C2CC2)n1)c1ccccc1. The lowest BCUT2D eigenvalue weighted by molar-refractivity contribution is 0.673. The maximum Gasteiger partial charge on any atom is 0.252 e. The van der Waals surface area contributed by atoms with Gasteiger partial charge in [0.25, 0.3) is 5.56 Å². The number of anilines is 1. The van der Waals surface area contributed by atoms with Crippen molar-refractivity contribution >= 4 is 5.82 Å². The third kappa shape index (κ3) is 3.70. The Kier molecular flexibility index (Phi) is 4.01. The van der Waals surface area contributed by atoms with Gasteiger partial charge in [-0.15, -0.1) is 0 Å². The summed E-state index contributed by atoms with van der Waals surface area (Å²) in [6, 6.07) is 11.5. The minimum Gasteiger partial charge on any atom is -0.370 e. The molecular weight excluding hydrogens is 264 g/mol. The van der Waals surface area contributed by atoms with E-state index in [1.807, 2.05) is 30.3 Å². The number of nitrogens with two attached hydrogens (primary N) is 1. The van der Waals surface area contributed by atoms with Crippen molar-refractivity contribution in [3.8, 4) is 0 Å². The van der Waals surface area contributed by atoms with Crippen molar-refractivity contribution in [2.75, 3.05) is 11.9 Å². The Labute approximate surface area is 123 Å². The van der Waals surface area contributed by atoms with Crippen LogP contribution in [0.1, 0.15) is 42.6 Å². The van der Waals surface area contributed by atoms with Gasteiger partial charge >= 0.3 is 0 Å². The average Bonchev–Trinajstić information content (AvgIpc) is 3.32. The number of aromatic nitrogens is 2. The number of aromatic amines is 1. The van der Waals surface area contributed by atoms with Crippen LogP contribution in [-0.2, 0) is 0 Å². The van der Waals surface area contributed by atoms with Crippen LogP contribution in [0.2, 0.25) is 0 Å². The van der Waals surface area contributed by atoms with Crippen LogP contribution < -0.4 is 16.6 Å². The second-order valence-electron chi connectivity index (χ2n) is 5.52. The molecule has 4 N–H and O–H groups in total. The summed E-state index contributed by atoms with van der Waals surface area (Å²) < 4.78 is 0. The molecule has 1 saturated carbocycles. The third-order valence-corrected chi connectivity index (χ3v) is 3.71. The van der Waals surface area contributed by atoms with Gasteiger partial charge in [0.15, 0.2) is 0 Å². The summed E-state index contributed by atoms with van der Waals surface area (Å²) in [6.07, 6.45) is 3.02. The highest BCUT2D eigenvalue weighted by atomic mass is 16.1. The van der Waals surface area contributed by atoms with E-state index in [0.29, 0.717) is 18.3 Å². The third-order valence-electron chi connectivity index (χ3n) is 3.71. The highest BCUT2D eigenvalue weighted by Crippen LogP contribution is 2.37. The summed E-state index contributed by atoms with van der Waals surface area (Å²) >= 11 is 0. The van der Waals surface area contributed by atoms with E-state index in [1.165, 1.54) is 6.07 Å². The van der Waals surface area contributed by atoms with Crippen LogP contribution in [0.4, 0.5) is 5.82 Å². The molecule has 1 fully saturated rings. The predicted molar refractivity (Wildman–Crippen MR) is 83.3 cm³/mol. The molecule has 0 aliphatic heterocycles. The molecule has 5 nitrogen and oxygen atoms in total. The van der Waals surface area contributed by atoms with E-state index < -0.39 is 0 Å². The maximum atomic E-state index is 11.6. The Morgan fingerprint density at radius 2 is 2.10 bits per heavy atom. The summed E-state index contributed by atoms with van der Waals surface area (Å²) in [5.74, 6) is 1.88. The van der Waals surface area contributed by atoms with Gasteiger partial charge in [-0.1, -0.05) is 30.3 Å². The molecule has 1 unspecified atom stereocenters.